The molecule has 5 rings (SSSR count). The minimum Gasteiger partial charge on any atom is -0.481 e. The molecule has 2 aromatic rings. The third-order valence-corrected chi connectivity index (χ3v) is 7.16. The van der Waals surface area contributed by atoms with Gasteiger partial charge in [0.1, 0.15) is 0 Å². The van der Waals surface area contributed by atoms with Crippen LogP contribution in [0.3, 0.4) is 0 Å². The van der Waals surface area contributed by atoms with Crippen molar-refractivity contribution in [1.29, 1.82) is 0 Å². The Morgan fingerprint density at radius 1 is 1.09 bits per heavy atom. The Kier molecular flexibility index (Phi) is 5.59. The molecule has 2 fully saturated rings. The first-order valence-corrected chi connectivity index (χ1v) is 11.8. The lowest BCUT2D eigenvalue weighted by Gasteiger charge is -2.39. The van der Waals surface area contributed by atoms with Crippen LogP contribution in [0, 0.1) is 0 Å². The highest BCUT2D eigenvalue weighted by Crippen LogP contribution is 2.44. The summed E-state index contributed by atoms with van der Waals surface area (Å²) in [5.74, 6) is -0.678. The topological polar surface area (TPSA) is 72.9 Å². The van der Waals surface area contributed by atoms with E-state index < -0.39 is 11.5 Å². The van der Waals surface area contributed by atoms with Crippen LogP contribution >= 0.6 is 11.6 Å². The van der Waals surface area contributed by atoms with Gasteiger partial charge in [-0.1, -0.05) is 35.9 Å². The van der Waals surface area contributed by atoms with Crippen molar-refractivity contribution in [2.45, 2.75) is 56.7 Å². The number of carboxylic acid groups (broad SMARTS) is 1. The molecule has 2 N–H and O–H groups in total. The van der Waals surface area contributed by atoms with E-state index in [4.69, 9.17) is 16.7 Å². The fourth-order valence-corrected chi connectivity index (χ4v) is 4.83. The second-order valence-electron chi connectivity index (χ2n) is 9.13. The smallest absolute Gasteiger partial charge is 0.303 e. The number of hydrogen-bond acceptors (Lipinski definition) is 4. The van der Waals surface area contributed by atoms with E-state index in [1.54, 1.807) is 0 Å². The lowest BCUT2D eigenvalue weighted by atomic mass is 10.1. The standard InChI is InChI=1S/C25H28ClN3O3/c26-20-9-5-17(6-10-23(30)31)15-18(20)16-27-25(11-12-25)24(32)29-14-13-28(19-7-8-19)21-3-1-2-4-22(21)29/h1-5,9,15,19,27H,6-8,10-14,16H2,(H,30,31). The van der Waals surface area contributed by atoms with Crippen LogP contribution in [-0.2, 0) is 22.6 Å². The minimum atomic E-state index is -0.816. The highest BCUT2D eigenvalue weighted by Gasteiger charge is 2.52. The predicted molar refractivity (Wildman–Crippen MR) is 125 cm³/mol. The van der Waals surface area contributed by atoms with Gasteiger partial charge in [-0.3, -0.25) is 14.9 Å². The van der Waals surface area contributed by atoms with Gasteiger partial charge in [0.05, 0.1) is 16.9 Å². The maximum atomic E-state index is 13.6. The van der Waals surface area contributed by atoms with Crippen molar-refractivity contribution in [2.75, 3.05) is 22.9 Å². The molecule has 3 aliphatic rings. The van der Waals surface area contributed by atoms with Gasteiger partial charge in [-0.15, -0.1) is 0 Å². The summed E-state index contributed by atoms with van der Waals surface area (Å²) in [6, 6.07) is 14.5. The van der Waals surface area contributed by atoms with Crippen LogP contribution in [0.15, 0.2) is 42.5 Å². The Balaban J connectivity index is 1.30. The van der Waals surface area contributed by atoms with Gasteiger partial charge in [-0.25, -0.2) is 0 Å². The van der Waals surface area contributed by atoms with Crippen LogP contribution in [0.5, 0.6) is 0 Å². The van der Waals surface area contributed by atoms with Crippen LogP contribution in [0.25, 0.3) is 0 Å². The molecule has 7 heteroatoms. The fraction of sp³-hybridized carbons (Fsp3) is 0.440. The predicted octanol–water partition coefficient (Wildman–Crippen LogP) is 4.00. The Hall–Kier alpha value is -2.57. The maximum Gasteiger partial charge on any atom is 0.303 e. The molecule has 1 aliphatic heterocycles. The lowest BCUT2D eigenvalue weighted by molar-refractivity contribution is -0.137. The zero-order chi connectivity index (χ0) is 22.3. The summed E-state index contributed by atoms with van der Waals surface area (Å²) in [6.07, 6.45) is 4.65. The van der Waals surface area contributed by atoms with Crippen molar-refractivity contribution in [3.8, 4) is 0 Å². The number of halogens is 1. The van der Waals surface area contributed by atoms with Crippen LogP contribution in [0.1, 0.15) is 43.2 Å². The van der Waals surface area contributed by atoms with Crippen molar-refractivity contribution in [2.24, 2.45) is 0 Å². The maximum absolute atomic E-state index is 13.6. The van der Waals surface area contributed by atoms with E-state index in [2.05, 4.69) is 22.3 Å². The summed E-state index contributed by atoms with van der Waals surface area (Å²) in [4.78, 5) is 28.9. The third-order valence-electron chi connectivity index (χ3n) is 6.79. The normalized spacial score (nSPS) is 18.9. The summed E-state index contributed by atoms with van der Waals surface area (Å²) in [6.45, 7) is 2.07. The molecule has 0 unspecified atom stereocenters. The molecule has 6 nitrogen and oxygen atoms in total. The van der Waals surface area contributed by atoms with Gasteiger partial charge < -0.3 is 14.9 Å². The Morgan fingerprint density at radius 3 is 2.53 bits per heavy atom. The molecule has 0 atom stereocenters. The number of amides is 1. The van der Waals surface area contributed by atoms with Crippen LogP contribution < -0.4 is 15.1 Å². The molecule has 32 heavy (non-hydrogen) atoms. The molecule has 2 aliphatic carbocycles. The van der Waals surface area contributed by atoms with Crippen molar-refractivity contribution in [3.63, 3.8) is 0 Å². The zero-order valence-electron chi connectivity index (χ0n) is 18.0. The summed E-state index contributed by atoms with van der Waals surface area (Å²) in [7, 11) is 0. The number of benzene rings is 2. The van der Waals surface area contributed by atoms with Crippen LogP contribution in [0.4, 0.5) is 11.4 Å². The summed E-state index contributed by atoms with van der Waals surface area (Å²) in [5, 5.41) is 13.1. The summed E-state index contributed by atoms with van der Waals surface area (Å²) in [5.41, 5.74) is 3.47. The van der Waals surface area contributed by atoms with Crippen LogP contribution in [-0.4, -0.2) is 41.7 Å². The second-order valence-corrected chi connectivity index (χ2v) is 9.53. The molecular formula is C25H28ClN3O3. The molecular weight excluding hydrogens is 426 g/mol. The zero-order valence-corrected chi connectivity index (χ0v) is 18.8. The third kappa shape index (κ3) is 4.21. The summed E-state index contributed by atoms with van der Waals surface area (Å²) >= 11 is 6.40. The number of nitrogens with one attached hydrogen (secondary N) is 1. The van der Waals surface area contributed by atoms with E-state index in [-0.39, 0.29) is 12.3 Å². The first kappa shape index (κ1) is 21.3. The first-order valence-electron chi connectivity index (χ1n) is 11.4. The van der Waals surface area contributed by atoms with Crippen molar-refractivity contribution in [3.05, 3.63) is 58.6 Å². The van der Waals surface area contributed by atoms with Gasteiger partial charge in [0, 0.05) is 37.1 Å². The quantitative estimate of drug-likeness (QED) is 0.632. The number of aliphatic carboxylic acids is 1. The number of aryl methyl sites for hydroxylation is 1. The van der Waals surface area contributed by atoms with E-state index in [1.807, 2.05) is 35.2 Å². The second kappa shape index (κ2) is 8.41. The highest BCUT2D eigenvalue weighted by atomic mass is 35.5. The monoisotopic (exact) mass is 453 g/mol. The molecule has 0 aromatic heterocycles. The van der Waals surface area contributed by atoms with Gasteiger partial charge in [0.15, 0.2) is 0 Å². The lowest BCUT2D eigenvalue weighted by Crippen LogP contribution is -2.53. The van der Waals surface area contributed by atoms with Crippen molar-refractivity contribution in [1.82, 2.24) is 5.32 Å². The van der Waals surface area contributed by atoms with E-state index in [9.17, 15) is 9.59 Å². The number of carboxylic acids is 1. The molecule has 0 radical (unpaired) electrons. The van der Waals surface area contributed by atoms with Gasteiger partial charge in [-0.05, 0) is 61.4 Å². The average Bonchev–Trinajstić information content (AvgIpc) is 3.71. The van der Waals surface area contributed by atoms with E-state index in [0.29, 0.717) is 30.6 Å². The van der Waals surface area contributed by atoms with Gasteiger partial charge >= 0.3 is 5.97 Å². The number of carbonyl (C=O) groups is 2. The molecule has 2 aromatic carbocycles. The molecule has 0 spiro atoms. The SMILES string of the molecule is O=C(O)CCc1ccc(Cl)c(CNC2(C(=O)N3CCN(C4CC4)c4ccccc43)CC2)c1. The van der Waals surface area contributed by atoms with E-state index in [1.165, 1.54) is 18.5 Å². The van der Waals surface area contributed by atoms with Crippen molar-refractivity contribution < 1.29 is 14.7 Å². The number of anilines is 2. The molecule has 0 bridgehead atoms. The number of nitrogens with zero attached hydrogens (tertiary/aromatic N) is 2. The molecule has 0 saturated heterocycles. The average molecular weight is 454 g/mol. The Bertz CT molecular complexity index is 1050. The molecule has 2 saturated carbocycles. The minimum absolute atomic E-state index is 0.0865. The Labute approximate surface area is 193 Å². The van der Waals surface area contributed by atoms with Gasteiger partial charge in [0.2, 0.25) is 5.91 Å². The van der Waals surface area contributed by atoms with Gasteiger partial charge in [0.25, 0.3) is 0 Å². The van der Waals surface area contributed by atoms with Crippen molar-refractivity contribution >= 4 is 34.9 Å². The number of carbonyl (C=O) groups excluding carboxylic acids is 1. The fourth-order valence-electron chi connectivity index (χ4n) is 4.64. The molecule has 1 heterocycles. The number of hydrogen-bond donors (Lipinski definition) is 2. The highest BCUT2D eigenvalue weighted by molar-refractivity contribution is 6.31. The first-order chi connectivity index (χ1) is 15.5. The number of rotatable bonds is 8. The summed E-state index contributed by atoms with van der Waals surface area (Å²) < 4.78 is 0. The molecule has 168 valence electrons. The Morgan fingerprint density at radius 2 is 1.84 bits per heavy atom. The number of fused-ring (bicyclic) bond motifs is 1. The van der Waals surface area contributed by atoms with E-state index >= 15 is 0 Å². The number of para-hydroxylation sites is 2. The largest absolute Gasteiger partial charge is 0.481 e. The van der Waals surface area contributed by atoms with E-state index in [0.717, 1.165) is 36.2 Å². The molecule has 1 amide bonds. The van der Waals surface area contributed by atoms with Gasteiger partial charge in [-0.2, -0.15) is 0 Å². The van der Waals surface area contributed by atoms with Crippen LogP contribution in [0.2, 0.25) is 5.02 Å².